The number of fused-ring (bicyclic) bond motifs is 1. The maximum Gasteiger partial charge on any atom is 0.336 e. The van der Waals surface area contributed by atoms with Crippen LogP contribution in [-0.4, -0.2) is 25.5 Å². The van der Waals surface area contributed by atoms with Gasteiger partial charge in [-0.15, -0.1) is 0 Å². The Hall–Kier alpha value is -3.68. The minimum absolute atomic E-state index is 0.170. The van der Waals surface area contributed by atoms with Crippen molar-refractivity contribution in [2.75, 3.05) is 13.7 Å². The van der Waals surface area contributed by atoms with Crippen molar-refractivity contribution in [1.82, 2.24) is 5.32 Å². The van der Waals surface area contributed by atoms with E-state index in [0.29, 0.717) is 22.3 Å². The van der Waals surface area contributed by atoms with Crippen molar-refractivity contribution in [2.45, 2.75) is 6.61 Å². The van der Waals surface area contributed by atoms with E-state index >= 15 is 0 Å². The van der Waals surface area contributed by atoms with Crippen LogP contribution in [0, 0.1) is 5.82 Å². The van der Waals surface area contributed by atoms with Gasteiger partial charge < -0.3 is 19.2 Å². The lowest BCUT2D eigenvalue weighted by Gasteiger charge is -2.09. The highest BCUT2D eigenvalue weighted by molar-refractivity contribution is 5.96. The van der Waals surface area contributed by atoms with Crippen LogP contribution in [0.25, 0.3) is 11.0 Å². The summed E-state index contributed by atoms with van der Waals surface area (Å²) in [6.07, 6.45) is 0. The fourth-order valence-electron chi connectivity index (χ4n) is 2.56. The van der Waals surface area contributed by atoms with E-state index in [1.54, 1.807) is 18.2 Å². The molecule has 0 aliphatic rings. The van der Waals surface area contributed by atoms with Crippen LogP contribution in [0.4, 0.5) is 4.39 Å². The summed E-state index contributed by atoms with van der Waals surface area (Å²) in [5.41, 5.74) is -0.0241. The molecule has 0 bridgehead atoms. The molecule has 28 heavy (non-hydrogen) atoms. The molecule has 0 saturated heterocycles. The second-order valence-electron chi connectivity index (χ2n) is 5.78. The molecular formula is C20H16FNO6. The van der Waals surface area contributed by atoms with E-state index in [9.17, 15) is 18.8 Å². The minimum Gasteiger partial charge on any atom is -0.497 e. The van der Waals surface area contributed by atoms with Gasteiger partial charge in [0.15, 0.2) is 0 Å². The highest BCUT2D eigenvalue weighted by Gasteiger charge is 2.14. The van der Waals surface area contributed by atoms with Crippen LogP contribution in [-0.2, 0) is 16.1 Å². The van der Waals surface area contributed by atoms with Gasteiger partial charge in [0.25, 0.3) is 5.91 Å². The van der Waals surface area contributed by atoms with Crippen LogP contribution in [0.3, 0.4) is 0 Å². The topological polar surface area (TPSA) is 94.8 Å². The highest BCUT2D eigenvalue weighted by atomic mass is 19.1. The molecule has 0 spiro atoms. The second-order valence-corrected chi connectivity index (χ2v) is 5.78. The summed E-state index contributed by atoms with van der Waals surface area (Å²) in [6.45, 7) is -0.636. The van der Waals surface area contributed by atoms with E-state index < -0.39 is 29.9 Å². The maximum atomic E-state index is 13.5. The average molecular weight is 385 g/mol. The van der Waals surface area contributed by atoms with Gasteiger partial charge in [-0.05, 0) is 24.3 Å². The van der Waals surface area contributed by atoms with Crippen LogP contribution in [0.15, 0.2) is 57.7 Å². The van der Waals surface area contributed by atoms with Crippen molar-refractivity contribution in [3.63, 3.8) is 0 Å². The maximum absolute atomic E-state index is 13.5. The Bertz CT molecular complexity index is 1090. The van der Waals surface area contributed by atoms with Crippen LogP contribution in [0.1, 0.15) is 15.9 Å². The third-order valence-electron chi connectivity index (χ3n) is 3.94. The Morgan fingerprint density at radius 1 is 1.14 bits per heavy atom. The minimum atomic E-state index is -0.736. The molecule has 1 amide bonds. The number of hydrogen-bond donors (Lipinski definition) is 1. The Labute approximate surface area is 158 Å². The number of benzene rings is 2. The van der Waals surface area contributed by atoms with Gasteiger partial charge in [0.05, 0.1) is 12.7 Å². The van der Waals surface area contributed by atoms with Gasteiger partial charge in [0.1, 0.15) is 30.3 Å². The fourth-order valence-corrected chi connectivity index (χ4v) is 2.56. The number of esters is 1. The smallest absolute Gasteiger partial charge is 0.336 e. The lowest BCUT2D eigenvalue weighted by molar-refractivity contribution is -0.143. The lowest BCUT2D eigenvalue weighted by atomic mass is 10.1. The predicted molar refractivity (Wildman–Crippen MR) is 97.6 cm³/mol. The number of hydrogen-bond acceptors (Lipinski definition) is 6. The van der Waals surface area contributed by atoms with Crippen molar-refractivity contribution >= 4 is 22.8 Å². The molecule has 7 nitrogen and oxygen atoms in total. The summed E-state index contributed by atoms with van der Waals surface area (Å²) in [7, 11) is 1.49. The molecule has 3 rings (SSSR count). The molecule has 1 N–H and O–H groups in total. The van der Waals surface area contributed by atoms with Crippen LogP contribution < -0.4 is 15.7 Å². The predicted octanol–water partition coefficient (Wildman–Crippen LogP) is 2.41. The van der Waals surface area contributed by atoms with Crippen LogP contribution >= 0.6 is 0 Å². The highest BCUT2D eigenvalue weighted by Crippen LogP contribution is 2.22. The van der Waals surface area contributed by atoms with E-state index in [0.717, 1.165) is 6.07 Å². The summed E-state index contributed by atoms with van der Waals surface area (Å²) < 4.78 is 28.9. The van der Waals surface area contributed by atoms with Gasteiger partial charge in [0.2, 0.25) is 0 Å². The zero-order valence-electron chi connectivity index (χ0n) is 14.9. The number of methoxy groups -OCH3 is 1. The molecule has 0 atom stereocenters. The fraction of sp³-hybridized carbons (Fsp3) is 0.150. The zero-order chi connectivity index (χ0) is 20.1. The lowest BCUT2D eigenvalue weighted by Crippen LogP contribution is -2.31. The Morgan fingerprint density at radius 2 is 1.93 bits per heavy atom. The number of carbonyl (C=O) groups is 2. The normalized spacial score (nSPS) is 10.5. The van der Waals surface area contributed by atoms with Crippen molar-refractivity contribution in [2.24, 2.45) is 0 Å². The molecule has 0 unspecified atom stereocenters. The first-order chi connectivity index (χ1) is 13.5. The second kappa shape index (κ2) is 8.34. The van der Waals surface area contributed by atoms with Gasteiger partial charge in [0, 0.05) is 23.1 Å². The van der Waals surface area contributed by atoms with Crippen LogP contribution in [0.5, 0.6) is 5.75 Å². The molecule has 1 heterocycles. The number of amides is 1. The van der Waals surface area contributed by atoms with Crippen molar-refractivity contribution in [3.8, 4) is 5.75 Å². The standard InChI is InChI=1S/C20H16FNO6/c1-26-13-6-7-14-12(8-18(23)28-17(14)9-13)11-27-19(24)10-22-20(25)15-4-2-3-5-16(15)21/h2-9H,10-11H2,1H3,(H,22,25). The summed E-state index contributed by atoms with van der Waals surface area (Å²) in [4.78, 5) is 35.5. The van der Waals surface area contributed by atoms with E-state index in [2.05, 4.69) is 5.32 Å². The van der Waals surface area contributed by atoms with E-state index in [-0.39, 0.29) is 12.2 Å². The average Bonchev–Trinajstić information content (AvgIpc) is 2.69. The van der Waals surface area contributed by atoms with Gasteiger partial charge in [-0.25, -0.2) is 9.18 Å². The zero-order valence-corrected chi connectivity index (χ0v) is 14.9. The van der Waals surface area contributed by atoms with E-state index in [1.165, 1.54) is 31.4 Å². The Morgan fingerprint density at radius 3 is 2.68 bits per heavy atom. The Balaban J connectivity index is 1.64. The molecule has 0 radical (unpaired) electrons. The molecule has 0 saturated carbocycles. The first-order valence-corrected chi connectivity index (χ1v) is 8.27. The van der Waals surface area contributed by atoms with Gasteiger partial charge in [-0.1, -0.05) is 12.1 Å². The number of ether oxygens (including phenoxy) is 2. The van der Waals surface area contributed by atoms with Gasteiger partial charge in [-0.3, -0.25) is 9.59 Å². The van der Waals surface area contributed by atoms with Crippen molar-refractivity contribution in [3.05, 3.63) is 75.9 Å². The van der Waals surface area contributed by atoms with E-state index in [4.69, 9.17) is 13.9 Å². The van der Waals surface area contributed by atoms with E-state index in [1.807, 2.05) is 0 Å². The molecule has 0 aliphatic carbocycles. The first kappa shape index (κ1) is 19.1. The van der Waals surface area contributed by atoms with Gasteiger partial charge in [-0.2, -0.15) is 0 Å². The van der Waals surface area contributed by atoms with Crippen molar-refractivity contribution < 1.29 is 27.9 Å². The molecule has 1 aromatic heterocycles. The Kier molecular flexibility index (Phi) is 5.69. The monoisotopic (exact) mass is 385 g/mol. The molecule has 0 fully saturated rings. The molecule has 8 heteroatoms. The molecule has 2 aromatic carbocycles. The summed E-state index contributed by atoms with van der Waals surface area (Å²) in [5.74, 6) is -1.64. The molecule has 3 aromatic rings. The largest absolute Gasteiger partial charge is 0.497 e. The molecule has 144 valence electrons. The quantitative estimate of drug-likeness (QED) is 0.517. The summed E-state index contributed by atoms with van der Waals surface area (Å²) in [5, 5.41) is 2.88. The third kappa shape index (κ3) is 4.35. The molecular weight excluding hydrogens is 369 g/mol. The van der Waals surface area contributed by atoms with Crippen LogP contribution in [0.2, 0.25) is 0 Å². The number of halogens is 1. The summed E-state index contributed by atoms with van der Waals surface area (Å²) in [6, 6.07) is 11.6. The summed E-state index contributed by atoms with van der Waals surface area (Å²) >= 11 is 0. The SMILES string of the molecule is COc1ccc2c(COC(=O)CNC(=O)c3ccccc3F)cc(=O)oc2c1. The number of nitrogens with one attached hydrogen (secondary N) is 1. The number of rotatable bonds is 6. The van der Waals surface area contributed by atoms with Gasteiger partial charge >= 0.3 is 11.6 Å². The number of carbonyl (C=O) groups excluding carboxylic acids is 2. The first-order valence-electron chi connectivity index (χ1n) is 8.27. The third-order valence-corrected chi connectivity index (χ3v) is 3.94. The van der Waals surface area contributed by atoms with Crippen molar-refractivity contribution in [1.29, 1.82) is 0 Å². The molecule has 0 aliphatic heterocycles.